The Morgan fingerprint density at radius 3 is 0.805 bits per heavy atom. The van der Waals surface area contributed by atoms with Gasteiger partial charge in [0.25, 0.3) is 0 Å². The summed E-state index contributed by atoms with van der Waals surface area (Å²) in [5.74, 6) is 0.248. The molecule has 1 atom stereocenters. The molecule has 0 N–H and O–H groups in total. The molecule has 0 aliphatic carbocycles. The van der Waals surface area contributed by atoms with Crippen LogP contribution in [0.25, 0.3) is 0 Å². The summed E-state index contributed by atoms with van der Waals surface area (Å²) in [5.41, 5.74) is -2.24. The summed E-state index contributed by atoms with van der Waals surface area (Å²) < 4.78 is 29.7. The second-order valence-corrected chi connectivity index (χ2v) is 40.2. The number of ketones is 12. The predicted octanol–water partition coefficient (Wildman–Crippen LogP) is 14.4. The van der Waals surface area contributed by atoms with E-state index in [1.54, 1.807) is 43.5 Å². The lowest BCUT2D eigenvalue weighted by Crippen LogP contribution is -2.32. The fourth-order valence-corrected chi connectivity index (χ4v) is 10.3. The van der Waals surface area contributed by atoms with Crippen LogP contribution in [0.2, 0.25) is 0 Å². The lowest BCUT2D eigenvalue weighted by Gasteiger charge is -2.26. The van der Waals surface area contributed by atoms with Crippen LogP contribution in [0.15, 0.2) is 31.0 Å². The molecule has 0 aliphatic rings. The van der Waals surface area contributed by atoms with Crippen molar-refractivity contribution in [1.82, 2.24) is 75.0 Å². The first-order chi connectivity index (χ1) is 53.8. The number of unbranched alkanes of at least 4 members (excludes halogenated alkanes) is 2. The molecule has 0 radical (unpaired) electrons. The quantitative estimate of drug-likeness (QED) is 0.0260. The molecule has 0 amide bonds. The zero-order chi connectivity index (χ0) is 91.0. The van der Waals surface area contributed by atoms with Crippen LogP contribution in [0, 0.1) is 60.1 Å². The summed E-state index contributed by atoms with van der Waals surface area (Å²) in [5, 5.41) is 39.2. The van der Waals surface area contributed by atoms with Gasteiger partial charge in [-0.1, -0.05) is 247 Å². The Kier molecular flexibility index (Phi) is 43.3. The number of ether oxygens (including phenoxy) is 4. The normalized spacial score (nSPS) is 12.6. The summed E-state index contributed by atoms with van der Waals surface area (Å²) in [6.45, 7) is 62.7. The Labute approximate surface area is 701 Å². The van der Waals surface area contributed by atoms with Gasteiger partial charge in [0.05, 0.1) is 110 Å². The van der Waals surface area contributed by atoms with Crippen molar-refractivity contribution in [3.05, 3.63) is 59.5 Å². The van der Waals surface area contributed by atoms with Gasteiger partial charge in [0.2, 0.25) is 0 Å². The number of hydrogen-bond acceptors (Lipinski definition) is 26. The fourth-order valence-electron chi connectivity index (χ4n) is 10.3. The van der Waals surface area contributed by atoms with Crippen LogP contribution in [0.4, 0.5) is 0 Å². The average molecular weight is 1660 g/mol. The molecule has 0 aromatic carbocycles. The molecule has 118 heavy (non-hydrogen) atoms. The van der Waals surface area contributed by atoms with Gasteiger partial charge in [0, 0.05) is 98.6 Å². The Balaban J connectivity index is 0.000000816. The maximum absolute atomic E-state index is 12.5. The second kappa shape index (κ2) is 47.5. The van der Waals surface area contributed by atoms with E-state index in [2.05, 4.69) is 51.6 Å². The van der Waals surface area contributed by atoms with E-state index in [0.717, 1.165) is 19.3 Å². The number of carbonyl (C=O) groups is 12. The molecule has 0 saturated carbocycles. The molecule has 0 spiro atoms. The highest BCUT2D eigenvalue weighted by Gasteiger charge is 2.34. The van der Waals surface area contributed by atoms with Gasteiger partial charge in [-0.2, -0.15) is 0 Å². The van der Waals surface area contributed by atoms with E-state index >= 15 is 0 Å². The molecule has 0 fully saturated rings. The average Bonchev–Trinajstić information content (AvgIpc) is 1.64. The van der Waals surface area contributed by atoms with Crippen molar-refractivity contribution in [3.8, 4) is 0 Å². The fraction of sp³-hybridized carbons (Fsp3) is 0.747. The Morgan fingerprint density at radius 1 is 0.288 bits per heavy atom. The van der Waals surface area contributed by atoms with Gasteiger partial charge < -0.3 is 18.9 Å². The summed E-state index contributed by atoms with van der Waals surface area (Å²) in [7, 11) is 0. The standard InChI is InChI=1S/C33H52N6O7.C18H28N6O3.C14H26O3.C13H21N3O2.C9H18O/c1-24(40)25(21-27(42)14-18-46-20-16-39-23-29(35-37-39)31(44)33(5,6)7)11-9-8-10-12-26(41)13-17-45-19-15-38-22-28(34-36-38)30(43)32(2,3)4;1-17(2,3)15(25)13-11-23(21-19-13)7-9-27-10-8-24-12-14(20-22-24)16(26)18(4,5)6;1-13(2,3)11(15)7-9-17-10-8-12(16)14(4,5)6;1-12(2,3)10(17)8-16-7-9(14-15-16)11(18)13(4,5)6;1-8(2,3)7(10)9(4,5)6/h22-23,25H,8-21H2,1-7H3;11-12H,7-10H2,1-6H3;7-10H2,1-6H3;7H,8H2,1-6H3;1-6H3/t25-;;;;/m1..../s1. The maximum atomic E-state index is 12.5. The van der Waals surface area contributed by atoms with Crippen LogP contribution < -0.4 is 0 Å². The highest BCUT2D eigenvalue weighted by atomic mass is 16.5. The third-order valence-corrected chi connectivity index (χ3v) is 17.9. The SMILES string of the molecule is CC(=O)[C@H](CCCCCC(=O)CCOCCn1cc(C(=O)C(C)(C)C)nn1)CC(=O)CCOCCn1cc(C(=O)C(C)(C)C)nn1.CC(C)(C)C(=O)C(C)(C)C.CC(C)(C)C(=O)CCOCCC(=O)C(C)(C)C.CC(C)(C)C(=O)Cn1cc(C(=O)C(C)(C)C)nn1.CC(C)(C)C(=O)c1cn(CCOCCn2cc(C(=O)C(C)(C)C)nn2)nn1. The van der Waals surface area contributed by atoms with E-state index in [1.807, 2.05) is 208 Å². The zero-order valence-electron chi connectivity index (χ0n) is 77.5. The molecule has 664 valence electrons. The Morgan fingerprint density at radius 2 is 0.542 bits per heavy atom. The first kappa shape index (κ1) is 108. The van der Waals surface area contributed by atoms with Gasteiger partial charge in [-0.3, -0.25) is 57.5 Å². The van der Waals surface area contributed by atoms with Crippen LogP contribution in [-0.2, 0) is 85.2 Å². The van der Waals surface area contributed by atoms with Gasteiger partial charge in [-0.25, -0.2) is 23.4 Å². The van der Waals surface area contributed by atoms with E-state index in [-0.39, 0.29) is 117 Å². The molecular weight excluding hydrogens is 1510 g/mol. The second-order valence-electron chi connectivity index (χ2n) is 40.2. The summed E-state index contributed by atoms with van der Waals surface area (Å²) in [4.78, 5) is 144. The van der Waals surface area contributed by atoms with Gasteiger partial charge in [-0.05, 0) is 19.8 Å². The first-order valence-corrected chi connectivity index (χ1v) is 41.0. The van der Waals surface area contributed by atoms with Gasteiger partial charge in [0.15, 0.2) is 34.7 Å². The monoisotopic (exact) mass is 1660 g/mol. The largest absolute Gasteiger partial charge is 0.381 e. The molecule has 0 unspecified atom stereocenters. The lowest BCUT2D eigenvalue weighted by molar-refractivity contribution is -0.134. The summed E-state index contributed by atoms with van der Waals surface area (Å²) >= 11 is 0. The molecule has 31 heteroatoms. The van der Waals surface area contributed by atoms with E-state index in [9.17, 15) is 57.5 Å². The van der Waals surface area contributed by atoms with Gasteiger partial charge >= 0.3 is 0 Å². The smallest absolute Gasteiger partial charge is 0.190 e. The molecule has 0 bridgehead atoms. The van der Waals surface area contributed by atoms with E-state index in [4.69, 9.17) is 18.9 Å². The van der Waals surface area contributed by atoms with E-state index < -0.39 is 32.5 Å². The van der Waals surface area contributed by atoms with Crippen LogP contribution in [0.1, 0.15) is 331 Å². The number of rotatable bonds is 40. The highest BCUT2D eigenvalue weighted by molar-refractivity contribution is 6.00. The van der Waals surface area contributed by atoms with Crippen molar-refractivity contribution in [3.63, 3.8) is 0 Å². The van der Waals surface area contributed by atoms with Crippen molar-refractivity contribution in [2.45, 2.75) is 312 Å². The minimum absolute atomic E-state index is 0.00259. The summed E-state index contributed by atoms with van der Waals surface area (Å²) in [6.07, 6.45) is 13.0. The first-order valence-electron chi connectivity index (χ1n) is 41.0. The predicted molar refractivity (Wildman–Crippen MR) is 450 cm³/mol. The molecule has 5 rings (SSSR count). The Hall–Kier alpha value is -8.42. The number of nitrogens with zero attached hydrogens (tertiary/aromatic N) is 15. The number of hydrogen-bond donors (Lipinski definition) is 0. The van der Waals surface area contributed by atoms with Crippen molar-refractivity contribution in [2.24, 2.45) is 60.1 Å². The molecule has 5 heterocycles. The van der Waals surface area contributed by atoms with Crippen molar-refractivity contribution in [1.29, 1.82) is 0 Å². The van der Waals surface area contributed by atoms with Crippen molar-refractivity contribution >= 4 is 69.4 Å². The van der Waals surface area contributed by atoms with Crippen LogP contribution in [-0.4, -0.2) is 197 Å². The summed E-state index contributed by atoms with van der Waals surface area (Å²) in [6, 6.07) is 0. The highest BCUT2D eigenvalue weighted by Crippen LogP contribution is 2.29. The topological polar surface area (TPSA) is 395 Å². The molecule has 0 saturated heterocycles. The lowest BCUT2D eigenvalue weighted by atomic mass is 9.76. The molecule has 5 aromatic rings. The van der Waals surface area contributed by atoms with Crippen molar-refractivity contribution < 1.29 is 76.5 Å². The van der Waals surface area contributed by atoms with Crippen LogP contribution in [0.5, 0.6) is 0 Å². The zero-order valence-corrected chi connectivity index (χ0v) is 77.5. The third-order valence-electron chi connectivity index (χ3n) is 17.9. The number of carbonyl (C=O) groups excluding carboxylic acids is 12. The Bertz CT molecular complexity index is 3930. The van der Waals surface area contributed by atoms with E-state index in [0.29, 0.717) is 139 Å². The van der Waals surface area contributed by atoms with Crippen molar-refractivity contribution in [2.75, 3.05) is 52.9 Å². The molecule has 31 nitrogen and oxygen atoms in total. The van der Waals surface area contributed by atoms with Gasteiger partial charge in [-0.15, -0.1) is 25.5 Å². The van der Waals surface area contributed by atoms with E-state index in [1.165, 1.54) is 17.8 Å². The van der Waals surface area contributed by atoms with Gasteiger partial charge in [0.1, 0.15) is 69.7 Å². The minimum atomic E-state index is -0.533. The number of Topliss-reactive ketones (excluding diaryl/α,β-unsaturated/α-hetero) is 12. The molecule has 0 aliphatic heterocycles. The molecule has 5 aromatic heterocycles. The maximum Gasteiger partial charge on any atom is 0.190 e. The molecular formula is C87H145N15O16. The van der Waals surface area contributed by atoms with Crippen LogP contribution >= 0.6 is 0 Å². The third kappa shape index (κ3) is 43.0. The van der Waals surface area contributed by atoms with Crippen LogP contribution in [0.3, 0.4) is 0 Å². The number of aromatic nitrogens is 15. The minimum Gasteiger partial charge on any atom is -0.381 e.